The number of ether oxygens (including phenoxy) is 1. The van der Waals surface area contributed by atoms with Crippen molar-refractivity contribution in [1.29, 1.82) is 0 Å². The Hall–Kier alpha value is 0.524. The van der Waals surface area contributed by atoms with Crippen molar-refractivity contribution in [3.05, 3.63) is 0 Å². The molecule has 2 fully saturated rings. The van der Waals surface area contributed by atoms with Crippen molar-refractivity contribution in [2.75, 3.05) is 6.61 Å². The molecule has 0 aromatic rings. The Morgan fingerprint density at radius 2 is 1.41 bits per heavy atom. The van der Waals surface area contributed by atoms with Gasteiger partial charge in [-0.2, -0.15) is 11.8 Å². The molecule has 0 amide bonds. The predicted octanol–water partition coefficient (Wildman–Crippen LogP) is 7.45. The number of hydrogen-bond acceptors (Lipinski definition) is 6. The first-order chi connectivity index (χ1) is 14.4. The summed E-state index contributed by atoms with van der Waals surface area (Å²) in [4.78, 5) is 11.3. The lowest BCUT2D eigenvalue weighted by Crippen LogP contribution is -2.50. The molecule has 2 aliphatic rings. The second kappa shape index (κ2) is 10.6. The number of thioether (sulfide) groups is 2. The number of hydrogen-bond donors (Lipinski definition) is 0. The minimum absolute atomic E-state index is 0.0401. The van der Waals surface area contributed by atoms with Gasteiger partial charge in [0.2, 0.25) is 0 Å². The van der Waals surface area contributed by atoms with E-state index in [4.69, 9.17) is 13.6 Å². The zero-order valence-corrected chi connectivity index (χ0v) is 26.0. The standard InChI is InChI=1S/C24H48O4S2Si2/c1-17(25)27-22-15-14-21(30-22)20-13-12-19(29-20)18(28-32(10,11)24(5,6)7)16-26-31(8,9)23(2,3)4/h18-22H,12-16H2,1-11H3/t18-,19-,20-,21-,22?/m1/s1. The third-order valence-electron chi connectivity index (χ3n) is 7.89. The molecule has 8 heteroatoms. The molecule has 0 saturated carbocycles. The Morgan fingerprint density at radius 1 is 0.875 bits per heavy atom. The molecule has 0 aliphatic carbocycles. The molecular weight excluding hydrogens is 473 g/mol. The molecule has 2 saturated heterocycles. The zero-order valence-electron chi connectivity index (χ0n) is 22.4. The molecule has 0 N–H and O–H groups in total. The van der Waals surface area contributed by atoms with E-state index < -0.39 is 16.6 Å². The van der Waals surface area contributed by atoms with Crippen molar-refractivity contribution in [3.8, 4) is 0 Å². The molecule has 2 aliphatic heterocycles. The summed E-state index contributed by atoms with van der Waals surface area (Å²) in [6.07, 6.45) is 4.67. The van der Waals surface area contributed by atoms with Crippen LogP contribution in [0.15, 0.2) is 0 Å². The third-order valence-corrected chi connectivity index (χ3v) is 20.4. The molecule has 0 bridgehead atoms. The topological polar surface area (TPSA) is 44.8 Å². The fraction of sp³-hybridized carbons (Fsp3) is 0.958. The Balaban J connectivity index is 2.08. The summed E-state index contributed by atoms with van der Waals surface area (Å²) in [7, 11) is -3.73. The van der Waals surface area contributed by atoms with Crippen molar-refractivity contribution >= 4 is 46.1 Å². The highest BCUT2D eigenvalue weighted by Gasteiger charge is 2.46. The van der Waals surface area contributed by atoms with Gasteiger partial charge in [0, 0.05) is 22.7 Å². The summed E-state index contributed by atoms with van der Waals surface area (Å²) in [5, 5.41) is 2.05. The Labute approximate surface area is 208 Å². The molecule has 1 unspecified atom stereocenters. The summed E-state index contributed by atoms with van der Waals surface area (Å²) >= 11 is 3.99. The fourth-order valence-corrected chi connectivity index (χ4v) is 9.58. The van der Waals surface area contributed by atoms with Crippen LogP contribution in [0.3, 0.4) is 0 Å². The SMILES string of the molecule is CC(=O)OC1CC[C@H]([C@H]2CC[C@H]([C@@H](CO[Si](C)(C)C(C)(C)C)O[Si](C)(C)C(C)(C)C)S2)S1. The number of esters is 1. The van der Waals surface area contributed by atoms with Crippen LogP contribution in [0.2, 0.25) is 36.3 Å². The summed E-state index contributed by atoms with van der Waals surface area (Å²) < 4.78 is 19.2. The minimum Gasteiger partial charge on any atom is -0.451 e. The summed E-state index contributed by atoms with van der Waals surface area (Å²) in [5.74, 6) is -0.161. The van der Waals surface area contributed by atoms with Crippen LogP contribution in [-0.2, 0) is 18.4 Å². The molecule has 32 heavy (non-hydrogen) atoms. The van der Waals surface area contributed by atoms with Crippen LogP contribution in [-0.4, -0.2) is 56.5 Å². The molecule has 188 valence electrons. The van der Waals surface area contributed by atoms with Crippen molar-refractivity contribution in [1.82, 2.24) is 0 Å². The molecule has 0 spiro atoms. The molecule has 0 radical (unpaired) electrons. The lowest BCUT2D eigenvalue weighted by Gasteiger charge is -2.43. The first kappa shape index (κ1) is 28.8. The predicted molar refractivity (Wildman–Crippen MR) is 146 cm³/mol. The number of rotatable bonds is 8. The zero-order chi connectivity index (χ0) is 24.5. The highest BCUT2D eigenvalue weighted by Crippen LogP contribution is 2.49. The van der Waals surface area contributed by atoms with Crippen LogP contribution in [0, 0.1) is 0 Å². The number of carbonyl (C=O) groups is 1. The van der Waals surface area contributed by atoms with Gasteiger partial charge in [0.05, 0.1) is 12.7 Å². The first-order valence-corrected chi connectivity index (χ1v) is 19.9. The van der Waals surface area contributed by atoms with Gasteiger partial charge in [-0.05, 0) is 61.9 Å². The van der Waals surface area contributed by atoms with Crippen molar-refractivity contribution < 1.29 is 18.4 Å². The van der Waals surface area contributed by atoms with Crippen LogP contribution in [0.1, 0.15) is 74.1 Å². The third kappa shape index (κ3) is 7.51. The van der Waals surface area contributed by atoms with E-state index in [0.717, 1.165) is 12.8 Å². The van der Waals surface area contributed by atoms with Crippen molar-refractivity contribution in [3.63, 3.8) is 0 Å². The van der Waals surface area contributed by atoms with E-state index in [1.807, 2.05) is 11.8 Å². The largest absolute Gasteiger partial charge is 0.451 e. The van der Waals surface area contributed by atoms with Gasteiger partial charge in [-0.1, -0.05) is 41.5 Å². The van der Waals surface area contributed by atoms with E-state index in [2.05, 4.69) is 79.5 Å². The molecular formula is C24H48O4S2Si2. The van der Waals surface area contributed by atoms with Crippen molar-refractivity contribution in [2.45, 2.75) is 138 Å². The second-order valence-corrected chi connectivity index (χ2v) is 25.0. The molecule has 5 atom stereocenters. The lowest BCUT2D eigenvalue weighted by atomic mass is 10.1. The maximum Gasteiger partial charge on any atom is 0.303 e. The monoisotopic (exact) mass is 520 g/mol. The van der Waals surface area contributed by atoms with E-state index in [1.165, 1.54) is 19.8 Å². The van der Waals surface area contributed by atoms with Gasteiger partial charge in [-0.15, -0.1) is 11.8 Å². The summed E-state index contributed by atoms with van der Waals surface area (Å²) in [6, 6.07) is 0. The van der Waals surface area contributed by atoms with E-state index in [-0.39, 0.29) is 27.6 Å². The Bertz CT molecular complexity index is 643. The van der Waals surface area contributed by atoms with Crippen LogP contribution in [0.25, 0.3) is 0 Å². The van der Waals surface area contributed by atoms with Crippen molar-refractivity contribution in [2.24, 2.45) is 0 Å². The fourth-order valence-electron chi connectivity index (χ4n) is 3.69. The van der Waals surface area contributed by atoms with Crippen LogP contribution >= 0.6 is 23.5 Å². The highest BCUT2D eigenvalue weighted by molar-refractivity contribution is 8.04. The summed E-state index contributed by atoms with van der Waals surface area (Å²) in [6.45, 7) is 25.5. The van der Waals surface area contributed by atoms with Crippen LogP contribution in [0.4, 0.5) is 0 Å². The maximum absolute atomic E-state index is 11.3. The van der Waals surface area contributed by atoms with E-state index in [1.54, 1.807) is 0 Å². The molecule has 2 rings (SSSR count). The molecule has 2 heterocycles. The normalized spacial score (nSPS) is 28.7. The lowest BCUT2D eigenvalue weighted by molar-refractivity contribution is -0.142. The Kier molecular flexibility index (Phi) is 9.57. The Morgan fingerprint density at radius 3 is 1.94 bits per heavy atom. The van der Waals surface area contributed by atoms with Gasteiger partial charge in [-0.25, -0.2) is 0 Å². The smallest absolute Gasteiger partial charge is 0.303 e. The first-order valence-electron chi connectivity index (χ1n) is 12.2. The minimum atomic E-state index is -1.90. The second-order valence-electron chi connectivity index (χ2n) is 12.6. The molecule has 0 aromatic heterocycles. The summed E-state index contributed by atoms with van der Waals surface area (Å²) in [5.41, 5.74) is 0.0401. The molecule has 0 aromatic carbocycles. The van der Waals surface area contributed by atoms with Gasteiger partial charge in [0.15, 0.2) is 16.6 Å². The average molecular weight is 521 g/mol. The highest BCUT2D eigenvalue weighted by atomic mass is 32.2. The molecule has 4 nitrogen and oxygen atoms in total. The average Bonchev–Trinajstić information content (AvgIpc) is 3.25. The maximum atomic E-state index is 11.3. The number of carbonyl (C=O) groups excluding carboxylic acids is 1. The quantitative estimate of drug-likeness (QED) is 0.245. The van der Waals surface area contributed by atoms with Crippen LogP contribution in [0.5, 0.6) is 0 Å². The van der Waals surface area contributed by atoms with Crippen LogP contribution < -0.4 is 0 Å². The van der Waals surface area contributed by atoms with Gasteiger partial charge >= 0.3 is 5.97 Å². The van der Waals surface area contributed by atoms with E-state index >= 15 is 0 Å². The van der Waals surface area contributed by atoms with E-state index in [0.29, 0.717) is 22.4 Å². The van der Waals surface area contributed by atoms with E-state index in [9.17, 15) is 4.79 Å². The van der Waals surface area contributed by atoms with Gasteiger partial charge in [0.25, 0.3) is 0 Å². The van der Waals surface area contributed by atoms with Gasteiger partial charge < -0.3 is 13.6 Å². The van der Waals surface area contributed by atoms with Gasteiger partial charge in [-0.3, -0.25) is 4.79 Å². The van der Waals surface area contributed by atoms with Gasteiger partial charge in [0.1, 0.15) is 5.44 Å².